The fraction of sp³-hybridized carbons (Fsp3) is 0.353. The summed E-state index contributed by atoms with van der Waals surface area (Å²) in [6.07, 6.45) is 1.84. The van der Waals surface area contributed by atoms with Gasteiger partial charge in [0.2, 0.25) is 0 Å². The number of anilines is 1. The normalized spacial score (nSPS) is 16.0. The Kier molecular flexibility index (Phi) is 3.57. The summed E-state index contributed by atoms with van der Waals surface area (Å²) in [6.45, 7) is 0. The van der Waals surface area contributed by atoms with Gasteiger partial charge in [-0.1, -0.05) is 24.3 Å². The predicted octanol–water partition coefficient (Wildman–Crippen LogP) is 1.08. The maximum Gasteiger partial charge on any atom is 0.332 e. The number of rotatable bonds is 2. The molecule has 1 unspecified atom stereocenters. The Bertz CT molecular complexity index is 933. The van der Waals surface area contributed by atoms with E-state index in [1.54, 1.807) is 7.05 Å². The van der Waals surface area contributed by atoms with Crippen molar-refractivity contribution in [2.75, 3.05) is 11.9 Å². The highest BCUT2D eigenvalue weighted by molar-refractivity contribution is 5.55. The van der Waals surface area contributed by atoms with Crippen molar-refractivity contribution in [1.29, 1.82) is 5.26 Å². The van der Waals surface area contributed by atoms with E-state index in [1.807, 2.05) is 30.1 Å². The number of nitriles is 1. The van der Waals surface area contributed by atoms with Gasteiger partial charge in [-0.25, -0.2) is 4.79 Å². The van der Waals surface area contributed by atoms with Crippen LogP contribution >= 0.6 is 0 Å². The van der Waals surface area contributed by atoms with Gasteiger partial charge in [0.05, 0.1) is 6.04 Å². The van der Waals surface area contributed by atoms with Crippen LogP contribution in [0.1, 0.15) is 29.2 Å². The van der Waals surface area contributed by atoms with Crippen molar-refractivity contribution in [1.82, 2.24) is 9.13 Å². The molecule has 0 spiro atoms. The largest absolute Gasteiger partial charge is 0.353 e. The lowest BCUT2D eigenvalue weighted by molar-refractivity contribution is 0.610. The molecule has 0 saturated carbocycles. The number of aromatic nitrogens is 2. The molecule has 0 saturated heterocycles. The van der Waals surface area contributed by atoms with Gasteiger partial charge in [-0.15, -0.1) is 0 Å². The summed E-state index contributed by atoms with van der Waals surface area (Å²) in [6, 6.07) is 10.2. The van der Waals surface area contributed by atoms with Crippen LogP contribution in [0.15, 0.2) is 33.9 Å². The molecule has 118 valence electrons. The van der Waals surface area contributed by atoms with Crippen molar-refractivity contribution in [2.45, 2.75) is 18.9 Å². The lowest BCUT2D eigenvalue weighted by Gasteiger charge is -2.29. The molecule has 3 rings (SSSR count). The van der Waals surface area contributed by atoms with E-state index in [-0.39, 0.29) is 11.6 Å². The quantitative estimate of drug-likeness (QED) is 0.832. The van der Waals surface area contributed by atoms with Crippen LogP contribution in [-0.2, 0) is 20.5 Å². The van der Waals surface area contributed by atoms with E-state index in [0.29, 0.717) is 5.82 Å². The van der Waals surface area contributed by atoms with Crippen LogP contribution in [-0.4, -0.2) is 16.2 Å². The highest BCUT2D eigenvalue weighted by atomic mass is 16.2. The summed E-state index contributed by atoms with van der Waals surface area (Å²) < 4.78 is 2.35. The third-order valence-corrected chi connectivity index (χ3v) is 4.65. The second-order valence-electron chi connectivity index (χ2n) is 5.88. The number of nitrogens with zero attached hydrogens (tertiary/aromatic N) is 4. The van der Waals surface area contributed by atoms with Crippen LogP contribution in [0, 0.1) is 11.3 Å². The first-order valence-corrected chi connectivity index (χ1v) is 7.48. The van der Waals surface area contributed by atoms with Crippen molar-refractivity contribution in [3.05, 3.63) is 61.8 Å². The Morgan fingerprint density at radius 1 is 1.22 bits per heavy atom. The fourth-order valence-corrected chi connectivity index (χ4v) is 3.43. The van der Waals surface area contributed by atoms with E-state index in [2.05, 4.69) is 12.1 Å². The Hall–Kier alpha value is -2.81. The molecule has 1 aromatic carbocycles. The lowest BCUT2D eigenvalue weighted by Crippen LogP contribution is -2.42. The van der Waals surface area contributed by atoms with E-state index in [9.17, 15) is 14.9 Å². The number of aryl methyl sites for hydroxylation is 1. The zero-order chi connectivity index (χ0) is 16.7. The Morgan fingerprint density at radius 2 is 1.91 bits per heavy atom. The third kappa shape index (κ3) is 2.16. The number of fused-ring (bicyclic) bond motifs is 1. The topological polar surface area (TPSA) is 71.0 Å². The second kappa shape index (κ2) is 5.43. The lowest BCUT2D eigenvalue weighted by atomic mass is 10.1. The summed E-state index contributed by atoms with van der Waals surface area (Å²) in [5.74, 6) is 0.377. The maximum atomic E-state index is 12.3. The minimum Gasteiger partial charge on any atom is -0.353 e. The monoisotopic (exact) mass is 310 g/mol. The van der Waals surface area contributed by atoms with E-state index < -0.39 is 11.2 Å². The van der Waals surface area contributed by atoms with Crippen molar-refractivity contribution in [3.8, 4) is 6.07 Å². The number of benzene rings is 1. The van der Waals surface area contributed by atoms with Crippen molar-refractivity contribution < 1.29 is 0 Å². The summed E-state index contributed by atoms with van der Waals surface area (Å²) in [5, 5.41) is 9.42. The summed E-state index contributed by atoms with van der Waals surface area (Å²) >= 11 is 0. The first kappa shape index (κ1) is 15.1. The van der Waals surface area contributed by atoms with Gasteiger partial charge >= 0.3 is 5.69 Å². The summed E-state index contributed by atoms with van der Waals surface area (Å²) in [7, 11) is 4.82. The number of hydrogen-bond donors (Lipinski definition) is 0. The van der Waals surface area contributed by atoms with Crippen molar-refractivity contribution in [2.24, 2.45) is 14.1 Å². The minimum absolute atomic E-state index is 0.00137. The average Bonchev–Trinajstić information content (AvgIpc) is 2.99. The fourth-order valence-electron chi connectivity index (χ4n) is 3.43. The number of hydrogen-bond acceptors (Lipinski definition) is 4. The average molecular weight is 310 g/mol. The second-order valence-corrected chi connectivity index (χ2v) is 5.88. The first-order chi connectivity index (χ1) is 11.0. The highest BCUT2D eigenvalue weighted by Crippen LogP contribution is 2.37. The minimum atomic E-state index is -0.552. The van der Waals surface area contributed by atoms with Crippen LogP contribution in [0.5, 0.6) is 0 Å². The van der Waals surface area contributed by atoms with Crippen molar-refractivity contribution >= 4 is 5.82 Å². The van der Waals surface area contributed by atoms with Gasteiger partial charge in [-0.05, 0) is 24.0 Å². The van der Waals surface area contributed by atoms with Crippen LogP contribution in [0.3, 0.4) is 0 Å². The molecule has 2 aromatic rings. The molecule has 1 aliphatic rings. The SMILES string of the molecule is CN(c1c(C#N)c(=O)n(C)c(=O)n1C)C1CCc2ccccc21. The molecule has 0 amide bonds. The van der Waals surface area contributed by atoms with Crippen LogP contribution in [0.25, 0.3) is 0 Å². The molecule has 0 bridgehead atoms. The zero-order valence-corrected chi connectivity index (χ0v) is 13.4. The highest BCUT2D eigenvalue weighted by Gasteiger charge is 2.29. The Morgan fingerprint density at radius 3 is 2.61 bits per heavy atom. The molecule has 1 aliphatic carbocycles. The Balaban J connectivity index is 2.19. The standard InChI is InChI=1S/C17H18N4O2/c1-19(14-9-8-11-6-4-5-7-12(11)14)15-13(10-18)16(22)21(3)17(23)20(15)2/h4-7,14H,8-9H2,1-3H3. The smallest absolute Gasteiger partial charge is 0.332 e. The molecule has 1 heterocycles. The molecular formula is C17H18N4O2. The van der Waals surface area contributed by atoms with Gasteiger partial charge in [0.25, 0.3) is 5.56 Å². The molecule has 0 fully saturated rings. The predicted molar refractivity (Wildman–Crippen MR) is 87.5 cm³/mol. The van der Waals surface area contributed by atoms with Crippen LogP contribution < -0.4 is 16.1 Å². The molecule has 6 nitrogen and oxygen atoms in total. The first-order valence-electron chi connectivity index (χ1n) is 7.48. The van der Waals surface area contributed by atoms with Gasteiger partial charge in [-0.3, -0.25) is 13.9 Å². The van der Waals surface area contributed by atoms with E-state index in [1.165, 1.54) is 22.7 Å². The van der Waals surface area contributed by atoms with Gasteiger partial charge < -0.3 is 4.90 Å². The Labute approximate surface area is 133 Å². The summed E-state index contributed by atoms with van der Waals surface area (Å²) in [4.78, 5) is 26.4. The van der Waals surface area contributed by atoms with Gasteiger partial charge in [0.1, 0.15) is 11.9 Å². The maximum absolute atomic E-state index is 12.3. The van der Waals surface area contributed by atoms with Gasteiger partial charge in [-0.2, -0.15) is 5.26 Å². The van der Waals surface area contributed by atoms with E-state index in [4.69, 9.17) is 0 Å². The molecule has 23 heavy (non-hydrogen) atoms. The van der Waals surface area contributed by atoms with Crippen LogP contribution in [0.4, 0.5) is 5.82 Å². The molecule has 0 aliphatic heterocycles. The molecular weight excluding hydrogens is 292 g/mol. The molecule has 0 N–H and O–H groups in total. The summed E-state index contributed by atoms with van der Waals surface area (Å²) in [5.41, 5.74) is 1.48. The van der Waals surface area contributed by atoms with E-state index >= 15 is 0 Å². The molecule has 0 radical (unpaired) electrons. The molecule has 1 aromatic heterocycles. The molecule has 6 heteroatoms. The van der Waals surface area contributed by atoms with Gasteiger partial charge in [0.15, 0.2) is 5.56 Å². The van der Waals surface area contributed by atoms with Crippen molar-refractivity contribution in [3.63, 3.8) is 0 Å². The third-order valence-electron chi connectivity index (χ3n) is 4.65. The molecule has 1 atom stereocenters. The van der Waals surface area contributed by atoms with Gasteiger partial charge in [0, 0.05) is 21.1 Å². The van der Waals surface area contributed by atoms with E-state index in [0.717, 1.165) is 17.4 Å². The zero-order valence-electron chi connectivity index (χ0n) is 13.4. The van der Waals surface area contributed by atoms with Crippen LogP contribution in [0.2, 0.25) is 0 Å².